The Labute approximate surface area is 242 Å². The molecule has 218 valence electrons. The molecular formula is C30H28F2N4O5S. The van der Waals surface area contributed by atoms with Crippen LogP contribution in [0.4, 0.5) is 14.5 Å². The zero-order valence-corrected chi connectivity index (χ0v) is 23.4. The number of pyridine rings is 1. The van der Waals surface area contributed by atoms with Crippen molar-refractivity contribution in [3.05, 3.63) is 120 Å². The molecule has 2 N–H and O–H groups in total. The minimum atomic E-state index is -3.95. The molecule has 0 unspecified atom stereocenters. The van der Waals surface area contributed by atoms with Crippen molar-refractivity contribution in [2.24, 2.45) is 0 Å². The van der Waals surface area contributed by atoms with Gasteiger partial charge in [-0.05, 0) is 84.8 Å². The lowest BCUT2D eigenvalue weighted by molar-refractivity contribution is -0.142. The fourth-order valence-corrected chi connectivity index (χ4v) is 4.94. The van der Waals surface area contributed by atoms with Gasteiger partial charge in [0.1, 0.15) is 23.4 Å². The molecule has 0 aliphatic heterocycles. The van der Waals surface area contributed by atoms with E-state index in [1.54, 1.807) is 25.4 Å². The van der Waals surface area contributed by atoms with E-state index in [9.17, 15) is 26.8 Å². The molecule has 0 spiro atoms. The van der Waals surface area contributed by atoms with Gasteiger partial charge in [-0.1, -0.05) is 18.2 Å². The number of carbonyl (C=O) groups is 2. The van der Waals surface area contributed by atoms with Crippen molar-refractivity contribution in [1.29, 1.82) is 0 Å². The molecule has 1 aromatic heterocycles. The molecule has 42 heavy (non-hydrogen) atoms. The van der Waals surface area contributed by atoms with E-state index in [1.165, 1.54) is 65.6 Å². The van der Waals surface area contributed by atoms with Gasteiger partial charge >= 0.3 is 0 Å². The fraction of sp³-hybridized carbons (Fsp3) is 0.167. The Morgan fingerprint density at radius 1 is 0.905 bits per heavy atom. The molecule has 4 aromatic rings. The van der Waals surface area contributed by atoms with Gasteiger partial charge in [-0.3, -0.25) is 19.3 Å². The molecule has 4 rings (SSSR count). The maximum atomic E-state index is 13.4. The second kappa shape index (κ2) is 13.7. The number of anilines is 1. The number of benzene rings is 3. The molecule has 1 heterocycles. The second-order valence-corrected chi connectivity index (χ2v) is 11.0. The number of rotatable bonds is 12. The number of ether oxygens (including phenoxy) is 1. The number of aromatic nitrogens is 1. The number of carbonyl (C=O) groups excluding carboxylic acids is 2. The highest BCUT2D eigenvalue weighted by Crippen LogP contribution is 2.20. The van der Waals surface area contributed by atoms with Crippen molar-refractivity contribution < 1.29 is 31.5 Å². The minimum absolute atomic E-state index is 0.0240. The molecule has 0 saturated carbocycles. The molecule has 0 saturated heterocycles. The van der Waals surface area contributed by atoms with Crippen molar-refractivity contribution in [1.82, 2.24) is 15.2 Å². The summed E-state index contributed by atoms with van der Waals surface area (Å²) in [6.07, 6.45) is 3.24. The van der Waals surface area contributed by atoms with Crippen LogP contribution in [0.5, 0.6) is 5.75 Å². The normalized spacial score (nSPS) is 11.8. The highest BCUT2D eigenvalue weighted by molar-refractivity contribution is 7.92. The van der Waals surface area contributed by atoms with Gasteiger partial charge in [0.05, 0.1) is 4.90 Å². The molecule has 0 aliphatic rings. The van der Waals surface area contributed by atoms with E-state index in [2.05, 4.69) is 15.0 Å². The van der Waals surface area contributed by atoms with Gasteiger partial charge in [-0.25, -0.2) is 17.2 Å². The number of sulfonamides is 1. The van der Waals surface area contributed by atoms with Crippen LogP contribution in [0.25, 0.3) is 0 Å². The van der Waals surface area contributed by atoms with E-state index >= 15 is 0 Å². The molecule has 2 amide bonds. The molecule has 9 nitrogen and oxygen atoms in total. The SMILES string of the molecule is C[C@H](C(=O)NCc1cccnc1)N(Cc1ccc(F)cc1)C(=O)COc1ccc(S(=O)(=O)Nc2ccc(F)cc2)cc1. The largest absolute Gasteiger partial charge is 0.484 e. The third-order valence-corrected chi connectivity index (χ3v) is 7.61. The monoisotopic (exact) mass is 594 g/mol. The first-order valence-corrected chi connectivity index (χ1v) is 14.3. The number of hydrogen-bond acceptors (Lipinski definition) is 6. The molecule has 0 aliphatic carbocycles. The van der Waals surface area contributed by atoms with E-state index in [0.717, 1.165) is 17.7 Å². The van der Waals surface area contributed by atoms with E-state index < -0.39 is 46.1 Å². The Morgan fingerprint density at radius 2 is 1.55 bits per heavy atom. The number of hydrogen-bond donors (Lipinski definition) is 2. The van der Waals surface area contributed by atoms with E-state index in [1.807, 2.05) is 6.07 Å². The first-order valence-electron chi connectivity index (χ1n) is 12.8. The Kier molecular flexibility index (Phi) is 9.81. The van der Waals surface area contributed by atoms with Crippen LogP contribution < -0.4 is 14.8 Å². The Balaban J connectivity index is 1.41. The Hall–Kier alpha value is -4.84. The smallest absolute Gasteiger partial charge is 0.261 e. The molecule has 12 heteroatoms. The summed E-state index contributed by atoms with van der Waals surface area (Å²) in [5, 5.41) is 2.79. The summed E-state index contributed by atoms with van der Waals surface area (Å²) in [7, 11) is -3.95. The van der Waals surface area contributed by atoms with Crippen LogP contribution in [-0.4, -0.2) is 42.8 Å². The topological polar surface area (TPSA) is 118 Å². The van der Waals surface area contributed by atoms with Crippen molar-refractivity contribution in [3.63, 3.8) is 0 Å². The van der Waals surface area contributed by atoms with Gasteiger partial charge in [0.25, 0.3) is 15.9 Å². The summed E-state index contributed by atoms with van der Waals surface area (Å²) in [5.41, 5.74) is 1.60. The van der Waals surface area contributed by atoms with Crippen LogP contribution in [0.1, 0.15) is 18.1 Å². The van der Waals surface area contributed by atoms with Crippen molar-refractivity contribution in [3.8, 4) is 5.75 Å². The predicted octanol–water partition coefficient (Wildman–Crippen LogP) is 4.27. The van der Waals surface area contributed by atoms with Crippen LogP contribution >= 0.6 is 0 Å². The molecule has 0 radical (unpaired) electrons. The maximum absolute atomic E-state index is 13.4. The van der Waals surface area contributed by atoms with Gasteiger partial charge in [0.2, 0.25) is 5.91 Å². The Morgan fingerprint density at radius 3 is 2.17 bits per heavy atom. The van der Waals surface area contributed by atoms with Gasteiger partial charge in [0.15, 0.2) is 6.61 Å². The van der Waals surface area contributed by atoms with E-state index in [-0.39, 0.29) is 29.4 Å². The third-order valence-electron chi connectivity index (χ3n) is 6.22. The van der Waals surface area contributed by atoms with Crippen LogP contribution in [0.2, 0.25) is 0 Å². The van der Waals surface area contributed by atoms with Crippen molar-refractivity contribution in [2.75, 3.05) is 11.3 Å². The first kappa shape index (κ1) is 30.1. The average molecular weight is 595 g/mol. The summed E-state index contributed by atoms with van der Waals surface area (Å²) in [4.78, 5) is 31.5. The predicted molar refractivity (Wildman–Crippen MR) is 152 cm³/mol. The van der Waals surface area contributed by atoms with Gasteiger partial charge in [0, 0.05) is 31.2 Å². The summed E-state index contributed by atoms with van der Waals surface area (Å²) < 4.78 is 59.8. The summed E-state index contributed by atoms with van der Waals surface area (Å²) in [5.74, 6) is -1.62. The first-order chi connectivity index (χ1) is 20.1. The lowest BCUT2D eigenvalue weighted by Gasteiger charge is -2.28. The number of amides is 2. The number of nitrogens with one attached hydrogen (secondary N) is 2. The second-order valence-electron chi connectivity index (χ2n) is 9.28. The van der Waals surface area contributed by atoms with Crippen molar-refractivity contribution >= 4 is 27.5 Å². The third kappa shape index (κ3) is 8.33. The molecule has 0 fully saturated rings. The van der Waals surface area contributed by atoms with Crippen LogP contribution in [0.3, 0.4) is 0 Å². The summed E-state index contributed by atoms with van der Waals surface area (Å²) >= 11 is 0. The zero-order valence-electron chi connectivity index (χ0n) is 22.5. The number of nitrogens with zero attached hydrogens (tertiary/aromatic N) is 2. The van der Waals surface area contributed by atoms with Gasteiger partial charge in [-0.2, -0.15) is 0 Å². The van der Waals surface area contributed by atoms with E-state index in [0.29, 0.717) is 5.56 Å². The summed E-state index contributed by atoms with van der Waals surface area (Å²) in [6, 6.07) is 18.5. The number of halogens is 2. The lowest BCUT2D eigenvalue weighted by Crippen LogP contribution is -2.48. The summed E-state index contributed by atoms with van der Waals surface area (Å²) in [6.45, 7) is 1.38. The highest BCUT2D eigenvalue weighted by Gasteiger charge is 2.26. The van der Waals surface area contributed by atoms with Crippen molar-refractivity contribution in [2.45, 2.75) is 31.0 Å². The van der Waals surface area contributed by atoms with Gasteiger partial charge < -0.3 is 15.0 Å². The van der Waals surface area contributed by atoms with Crippen LogP contribution in [-0.2, 0) is 32.7 Å². The Bertz CT molecular complexity index is 1600. The average Bonchev–Trinajstić information content (AvgIpc) is 3.00. The zero-order chi connectivity index (χ0) is 30.1. The van der Waals surface area contributed by atoms with Gasteiger partial charge in [-0.15, -0.1) is 0 Å². The quantitative estimate of drug-likeness (QED) is 0.253. The standard InChI is InChI=1S/C30H28F2N4O5S/c1-21(30(38)34-18-23-3-2-16-33-17-23)36(19-22-4-6-24(31)7-5-22)29(37)20-41-27-12-14-28(15-13-27)42(39,40)35-26-10-8-25(32)9-11-26/h2-17,21,35H,18-20H2,1H3,(H,34,38)/t21-/m1/s1. The molecule has 1 atom stereocenters. The van der Waals surface area contributed by atoms with E-state index in [4.69, 9.17) is 4.74 Å². The molecule has 3 aromatic carbocycles. The van der Waals surface area contributed by atoms with Crippen LogP contribution in [0.15, 0.2) is 102 Å². The minimum Gasteiger partial charge on any atom is -0.484 e. The van der Waals surface area contributed by atoms with Crippen LogP contribution in [0, 0.1) is 11.6 Å². The molecular weight excluding hydrogens is 566 g/mol. The maximum Gasteiger partial charge on any atom is 0.261 e. The lowest BCUT2D eigenvalue weighted by atomic mass is 10.1. The molecule has 0 bridgehead atoms. The fourth-order valence-electron chi connectivity index (χ4n) is 3.88. The highest BCUT2D eigenvalue weighted by atomic mass is 32.2.